The van der Waals surface area contributed by atoms with Gasteiger partial charge in [0.05, 0.1) is 11.4 Å². The number of benzene rings is 1. The van der Waals surface area contributed by atoms with Gasteiger partial charge in [0.1, 0.15) is 0 Å². The van der Waals surface area contributed by atoms with E-state index in [0.29, 0.717) is 35.2 Å². The molecule has 1 N–H and O–H groups in total. The summed E-state index contributed by atoms with van der Waals surface area (Å²) in [7, 11) is -1.10. The standard InChI is InChI=1S/C33H48FNOS/c1-10-13-26(16-18-29(12-3)33(6,7)8)28-15-14-27(21-28)23(4)20-24(5)35-31-19-17-25(11-2)30(32(31)34)22-37(9)36/h12-13,16-20,27-28,35H,5,10-11,14-15,21-22H2,1-4,6-9H3/b18-16-,23-20+,26-13-,29-12+. The highest BCUT2D eigenvalue weighted by Crippen LogP contribution is 2.40. The molecule has 204 valence electrons. The molecule has 1 saturated carbocycles. The van der Waals surface area contributed by atoms with Crippen molar-refractivity contribution >= 4 is 16.5 Å². The molecule has 0 saturated heterocycles. The second-order valence-corrected chi connectivity index (χ2v) is 12.8. The van der Waals surface area contributed by atoms with Gasteiger partial charge in [-0.3, -0.25) is 4.21 Å². The van der Waals surface area contributed by atoms with Crippen LogP contribution in [0.4, 0.5) is 10.1 Å². The van der Waals surface area contributed by atoms with E-state index in [4.69, 9.17) is 0 Å². The Morgan fingerprint density at radius 2 is 1.86 bits per heavy atom. The average molecular weight is 526 g/mol. The third kappa shape index (κ3) is 8.95. The lowest BCUT2D eigenvalue weighted by Gasteiger charge is -2.21. The van der Waals surface area contributed by atoms with E-state index in [1.54, 1.807) is 12.3 Å². The smallest absolute Gasteiger partial charge is 0.151 e. The van der Waals surface area contributed by atoms with Crippen molar-refractivity contribution in [2.75, 3.05) is 11.6 Å². The molecule has 0 aliphatic heterocycles. The number of halogens is 1. The molecule has 0 bridgehead atoms. The molecule has 3 unspecified atom stereocenters. The summed E-state index contributed by atoms with van der Waals surface area (Å²) in [6, 6.07) is 3.69. The number of hydrogen-bond donors (Lipinski definition) is 1. The van der Waals surface area contributed by atoms with Crippen molar-refractivity contribution in [3.05, 3.63) is 88.5 Å². The Kier molecular flexibility index (Phi) is 11.8. The van der Waals surface area contributed by atoms with Crippen LogP contribution in [0.25, 0.3) is 0 Å². The SMILES string of the molecule is C=C(/C=C(\C)C1CCC(C(/C=C\C(=C/C)C(C)(C)C)=C\CC)C1)Nc1ccc(CC)c(CS(C)=O)c1F. The second-order valence-electron chi connectivity index (χ2n) is 11.3. The molecule has 0 amide bonds. The van der Waals surface area contributed by atoms with Gasteiger partial charge in [0.2, 0.25) is 0 Å². The van der Waals surface area contributed by atoms with Gasteiger partial charge >= 0.3 is 0 Å². The summed E-state index contributed by atoms with van der Waals surface area (Å²) in [6.45, 7) is 19.4. The Hall–Kier alpha value is -2.20. The van der Waals surface area contributed by atoms with Crippen molar-refractivity contribution in [2.24, 2.45) is 17.3 Å². The van der Waals surface area contributed by atoms with Crippen LogP contribution in [0, 0.1) is 23.1 Å². The zero-order valence-corrected chi connectivity index (χ0v) is 25.2. The molecule has 0 spiro atoms. The molecular formula is C33H48FNOS. The zero-order valence-electron chi connectivity index (χ0n) is 24.3. The highest BCUT2D eigenvalue weighted by Gasteiger charge is 2.27. The average Bonchev–Trinajstić information content (AvgIpc) is 3.30. The molecule has 1 aromatic rings. The lowest BCUT2D eigenvalue weighted by Crippen LogP contribution is -2.08. The van der Waals surface area contributed by atoms with Gasteiger partial charge in [0, 0.05) is 28.3 Å². The van der Waals surface area contributed by atoms with Crippen LogP contribution in [-0.4, -0.2) is 10.5 Å². The molecule has 2 nitrogen and oxygen atoms in total. The topological polar surface area (TPSA) is 29.1 Å². The van der Waals surface area contributed by atoms with Crippen molar-refractivity contribution in [3.63, 3.8) is 0 Å². The van der Waals surface area contributed by atoms with E-state index in [1.807, 2.05) is 13.0 Å². The lowest BCUT2D eigenvalue weighted by molar-refractivity contribution is 0.516. The first-order valence-corrected chi connectivity index (χ1v) is 15.4. The Morgan fingerprint density at radius 3 is 2.43 bits per heavy atom. The first-order chi connectivity index (χ1) is 17.4. The molecule has 1 fully saturated rings. The van der Waals surface area contributed by atoms with Gasteiger partial charge in [-0.15, -0.1) is 0 Å². The second kappa shape index (κ2) is 14.1. The fourth-order valence-corrected chi connectivity index (χ4v) is 6.04. The maximum absolute atomic E-state index is 15.2. The summed E-state index contributed by atoms with van der Waals surface area (Å²) in [5.74, 6) is 0.953. The minimum atomic E-state index is -1.10. The summed E-state index contributed by atoms with van der Waals surface area (Å²) in [4.78, 5) is 0. The molecule has 37 heavy (non-hydrogen) atoms. The van der Waals surface area contributed by atoms with Crippen molar-refractivity contribution in [2.45, 2.75) is 86.3 Å². The van der Waals surface area contributed by atoms with Crippen molar-refractivity contribution in [1.29, 1.82) is 0 Å². The number of hydrogen-bond acceptors (Lipinski definition) is 2. The Balaban J connectivity index is 2.13. The molecule has 3 atom stereocenters. The highest BCUT2D eigenvalue weighted by atomic mass is 32.2. The summed E-state index contributed by atoms with van der Waals surface area (Å²) in [5, 5.41) is 3.16. The maximum Gasteiger partial charge on any atom is 0.151 e. The van der Waals surface area contributed by atoms with Crippen molar-refractivity contribution in [1.82, 2.24) is 0 Å². The predicted octanol–water partition coefficient (Wildman–Crippen LogP) is 9.44. The van der Waals surface area contributed by atoms with Crippen LogP contribution in [0.1, 0.15) is 85.3 Å². The molecule has 1 aliphatic carbocycles. The molecular weight excluding hydrogens is 477 g/mol. The van der Waals surface area contributed by atoms with E-state index in [0.717, 1.165) is 24.8 Å². The molecule has 0 aromatic heterocycles. The van der Waals surface area contributed by atoms with Gasteiger partial charge in [-0.2, -0.15) is 0 Å². The van der Waals surface area contributed by atoms with Crippen molar-refractivity contribution < 1.29 is 8.60 Å². The molecule has 4 heteroatoms. The fourth-order valence-electron chi connectivity index (χ4n) is 5.32. The van der Waals surface area contributed by atoms with E-state index < -0.39 is 10.8 Å². The van der Waals surface area contributed by atoms with Gasteiger partial charge in [0.15, 0.2) is 5.82 Å². The molecule has 0 heterocycles. The van der Waals surface area contributed by atoms with E-state index in [9.17, 15) is 4.21 Å². The number of anilines is 1. The summed E-state index contributed by atoms with van der Waals surface area (Å²) in [6.07, 6.45) is 18.1. The number of nitrogens with one attached hydrogen (secondary N) is 1. The minimum Gasteiger partial charge on any atom is -0.354 e. The van der Waals surface area contributed by atoms with Crippen LogP contribution in [0.3, 0.4) is 0 Å². The number of allylic oxidation sites excluding steroid dienone is 8. The van der Waals surface area contributed by atoms with Gasteiger partial charge < -0.3 is 5.32 Å². The minimum absolute atomic E-state index is 0.137. The Bertz CT molecular complexity index is 1100. The number of aryl methyl sites for hydroxylation is 1. The van der Waals surface area contributed by atoms with Crippen LogP contribution < -0.4 is 5.32 Å². The monoisotopic (exact) mass is 525 g/mol. The lowest BCUT2D eigenvalue weighted by atomic mass is 9.85. The molecule has 1 aromatic carbocycles. The summed E-state index contributed by atoms with van der Waals surface area (Å²) >= 11 is 0. The molecule has 2 rings (SSSR count). The maximum atomic E-state index is 15.2. The van der Waals surface area contributed by atoms with E-state index in [1.165, 1.54) is 23.1 Å². The van der Waals surface area contributed by atoms with Crippen LogP contribution in [-0.2, 0) is 23.0 Å². The number of rotatable bonds is 11. The van der Waals surface area contributed by atoms with E-state index in [2.05, 4.69) is 83.8 Å². The third-order valence-corrected chi connectivity index (χ3v) is 8.08. The van der Waals surface area contributed by atoms with Gasteiger partial charge in [-0.05, 0) is 92.1 Å². The Morgan fingerprint density at radius 1 is 1.19 bits per heavy atom. The van der Waals surface area contributed by atoms with E-state index >= 15 is 4.39 Å². The largest absolute Gasteiger partial charge is 0.354 e. The van der Waals surface area contributed by atoms with Crippen LogP contribution in [0.5, 0.6) is 0 Å². The molecule has 0 radical (unpaired) electrons. The van der Waals surface area contributed by atoms with Gasteiger partial charge in [-0.1, -0.05) is 77.1 Å². The Labute approximate surface area is 228 Å². The zero-order chi connectivity index (χ0) is 27.8. The first-order valence-electron chi connectivity index (χ1n) is 13.7. The summed E-state index contributed by atoms with van der Waals surface area (Å²) in [5.41, 5.74) is 6.74. The highest BCUT2D eigenvalue weighted by molar-refractivity contribution is 7.83. The third-order valence-electron chi connectivity index (χ3n) is 7.39. The predicted molar refractivity (Wildman–Crippen MR) is 162 cm³/mol. The fraction of sp³-hybridized carbons (Fsp3) is 0.515. The van der Waals surface area contributed by atoms with Gasteiger partial charge in [-0.25, -0.2) is 4.39 Å². The summed E-state index contributed by atoms with van der Waals surface area (Å²) < 4.78 is 27.0. The van der Waals surface area contributed by atoms with Gasteiger partial charge in [0.25, 0.3) is 0 Å². The van der Waals surface area contributed by atoms with E-state index in [-0.39, 0.29) is 17.0 Å². The van der Waals surface area contributed by atoms with Crippen LogP contribution >= 0.6 is 0 Å². The molecule has 1 aliphatic rings. The first kappa shape index (κ1) is 31.0. The quantitative estimate of drug-likeness (QED) is 0.292. The van der Waals surface area contributed by atoms with Crippen molar-refractivity contribution in [3.8, 4) is 0 Å². The van der Waals surface area contributed by atoms with Crippen LogP contribution in [0.15, 0.2) is 71.5 Å². The van der Waals surface area contributed by atoms with Crippen LogP contribution in [0.2, 0.25) is 0 Å². The normalized spacial score (nSPS) is 20.5.